The van der Waals surface area contributed by atoms with E-state index in [2.05, 4.69) is 5.32 Å². The largest absolute Gasteiger partial charge is 0.487 e. The summed E-state index contributed by atoms with van der Waals surface area (Å²) in [5.41, 5.74) is 5.99. The van der Waals surface area contributed by atoms with E-state index >= 15 is 0 Å². The number of hydrogen-bond donors (Lipinski definition) is 2. The molecule has 5 nitrogen and oxygen atoms in total. The standard InChI is InChI=1S/C15H21FN2O3.ClH/c1-15(2)7-12(18-14(19)11(17)8-20-3)10-5-4-9(16)6-13(10)21-15;/h4-6,11-12H,7-8,17H2,1-3H3,(H,18,19);1H. The van der Waals surface area contributed by atoms with Crippen molar-refractivity contribution < 1.29 is 18.7 Å². The molecule has 1 aromatic carbocycles. The normalized spacial score (nSPS) is 20.1. The minimum absolute atomic E-state index is 0. The molecule has 1 aliphatic heterocycles. The highest BCUT2D eigenvalue weighted by molar-refractivity contribution is 5.85. The van der Waals surface area contributed by atoms with Crippen LogP contribution in [0.3, 0.4) is 0 Å². The molecule has 1 aromatic rings. The van der Waals surface area contributed by atoms with Crippen LogP contribution in [0.25, 0.3) is 0 Å². The van der Waals surface area contributed by atoms with Gasteiger partial charge >= 0.3 is 0 Å². The number of ether oxygens (including phenoxy) is 2. The summed E-state index contributed by atoms with van der Waals surface area (Å²) < 4.78 is 24.0. The van der Waals surface area contributed by atoms with E-state index in [0.717, 1.165) is 5.56 Å². The van der Waals surface area contributed by atoms with Crippen molar-refractivity contribution in [2.24, 2.45) is 5.73 Å². The summed E-state index contributed by atoms with van der Waals surface area (Å²) in [6, 6.07) is 3.33. The fraction of sp³-hybridized carbons (Fsp3) is 0.533. The van der Waals surface area contributed by atoms with Gasteiger partial charge in [0.05, 0.1) is 12.6 Å². The van der Waals surface area contributed by atoms with Crippen molar-refractivity contribution in [1.82, 2.24) is 5.32 Å². The molecule has 1 amide bonds. The Labute approximate surface area is 135 Å². The Morgan fingerprint density at radius 1 is 1.59 bits per heavy atom. The van der Waals surface area contributed by atoms with Gasteiger partial charge < -0.3 is 20.5 Å². The van der Waals surface area contributed by atoms with Crippen molar-refractivity contribution in [3.63, 3.8) is 0 Å². The van der Waals surface area contributed by atoms with E-state index in [-0.39, 0.29) is 36.8 Å². The average Bonchev–Trinajstić information content (AvgIpc) is 2.36. The van der Waals surface area contributed by atoms with Gasteiger partial charge in [0.2, 0.25) is 5.91 Å². The Morgan fingerprint density at radius 2 is 2.27 bits per heavy atom. The molecule has 22 heavy (non-hydrogen) atoms. The molecule has 0 spiro atoms. The van der Waals surface area contributed by atoms with Crippen molar-refractivity contribution in [2.45, 2.75) is 38.0 Å². The second-order valence-electron chi connectivity index (χ2n) is 5.87. The lowest BCUT2D eigenvalue weighted by Gasteiger charge is -2.38. The number of amides is 1. The molecule has 0 saturated carbocycles. The van der Waals surface area contributed by atoms with Crippen LogP contribution in [0.2, 0.25) is 0 Å². The first kappa shape index (κ1) is 18.7. The number of carbonyl (C=O) groups excluding carboxylic acids is 1. The van der Waals surface area contributed by atoms with Crippen LogP contribution >= 0.6 is 12.4 Å². The van der Waals surface area contributed by atoms with Gasteiger partial charge in [0.25, 0.3) is 0 Å². The number of benzene rings is 1. The summed E-state index contributed by atoms with van der Waals surface area (Å²) in [7, 11) is 1.49. The molecule has 0 saturated heterocycles. The number of hydrogen-bond acceptors (Lipinski definition) is 4. The molecule has 0 bridgehead atoms. The van der Waals surface area contributed by atoms with Crippen LogP contribution in [-0.4, -0.2) is 31.3 Å². The van der Waals surface area contributed by atoms with Gasteiger partial charge in [-0.05, 0) is 19.9 Å². The number of rotatable bonds is 4. The molecular formula is C15H22ClFN2O3. The molecule has 7 heteroatoms. The second-order valence-corrected chi connectivity index (χ2v) is 5.87. The summed E-state index contributed by atoms with van der Waals surface area (Å²) in [4.78, 5) is 12.1. The Balaban J connectivity index is 0.00000242. The third-order valence-electron chi connectivity index (χ3n) is 3.43. The monoisotopic (exact) mass is 332 g/mol. The number of methoxy groups -OCH3 is 1. The van der Waals surface area contributed by atoms with E-state index in [1.165, 1.54) is 19.2 Å². The number of nitrogens with one attached hydrogen (secondary N) is 1. The maximum atomic E-state index is 13.4. The van der Waals surface area contributed by atoms with Crippen LogP contribution in [0.4, 0.5) is 4.39 Å². The molecule has 2 atom stereocenters. The summed E-state index contributed by atoms with van der Waals surface area (Å²) in [6.45, 7) is 3.94. The first-order valence-electron chi connectivity index (χ1n) is 6.86. The van der Waals surface area contributed by atoms with E-state index in [0.29, 0.717) is 12.2 Å². The summed E-state index contributed by atoms with van der Waals surface area (Å²) >= 11 is 0. The van der Waals surface area contributed by atoms with Crippen LogP contribution < -0.4 is 15.8 Å². The van der Waals surface area contributed by atoms with Crippen molar-refractivity contribution >= 4 is 18.3 Å². The van der Waals surface area contributed by atoms with E-state index < -0.39 is 11.6 Å². The molecular weight excluding hydrogens is 311 g/mol. The van der Waals surface area contributed by atoms with Crippen LogP contribution in [-0.2, 0) is 9.53 Å². The third-order valence-corrected chi connectivity index (χ3v) is 3.43. The smallest absolute Gasteiger partial charge is 0.239 e. The van der Waals surface area contributed by atoms with Gasteiger partial charge in [0, 0.05) is 25.2 Å². The zero-order chi connectivity index (χ0) is 15.6. The third kappa shape index (κ3) is 4.32. The SMILES string of the molecule is COCC(N)C(=O)NC1CC(C)(C)Oc2cc(F)ccc21.Cl. The lowest BCUT2D eigenvalue weighted by molar-refractivity contribution is -0.124. The number of halogens is 2. The van der Waals surface area contributed by atoms with Crippen molar-refractivity contribution in [2.75, 3.05) is 13.7 Å². The molecule has 1 heterocycles. The van der Waals surface area contributed by atoms with Crippen LogP contribution in [0.15, 0.2) is 18.2 Å². The Morgan fingerprint density at radius 3 is 2.91 bits per heavy atom. The lowest BCUT2D eigenvalue weighted by Crippen LogP contribution is -2.48. The minimum Gasteiger partial charge on any atom is -0.487 e. The summed E-state index contributed by atoms with van der Waals surface area (Å²) in [5, 5.41) is 2.89. The average molecular weight is 333 g/mol. The number of fused-ring (bicyclic) bond motifs is 1. The zero-order valence-electron chi connectivity index (χ0n) is 12.9. The maximum absolute atomic E-state index is 13.4. The summed E-state index contributed by atoms with van der Waals surface area (Å²) in [5.74, 6) is -0.209. The molecule has 1 aliphatic rings. The predicted molar refractivity (Wildman–Crippen MR) is 83.7 cm³/mol. The molecule has 0 aliphatic carbocycles. The fourth-order valence-electron chi connectivity index (χ4n) is 2.49. The van der Waals surface area contributed by atoms with Crippen LogP contribution in [0.1, 0.15) is 31.9 Å². The zero-order valence-corrected chi connectivity index (χ0v) is 13.7. The minimum atomic E-state index is -0.732. The van der Waals surface area contributed by atoms with Crippen molar-refractivity contribution in [3.8, 4) is 5.75 Å². The van der Waals surface area contributed by atoms with Gasteiger partial charge in [-0.2, -0.15) is 0 Å². The van der Waals surface area contributed by atoms with Gasteiger partial charge in [0.15, 0.2) is 0 Å². The molecule has 2 unspecified atom stereocenters. The highest BCUT2D eigenvalue weighted by Crippen LogP contribution is 2.39. The Kier molecular flexibility index (Phi) is 6.17. The quantitative estimate of drug-likeness (QED) is 0.883. The Bertz CT molecular complexity index is 540. The lowest BCUT2D eigenvalue weighted by atomic mass is 9.89. The maximum Gasteiger partial charge on any atom is 0.239 e. The van der Waals surface area contributed by atoms with E-state index in [1.54, 1.807) is 6.07 Å². The van der Waals surface area contributed by atoms with E-state index in [1.807, 2.05) is 13.8 Å². The molecule has 0 radical (unpaired) electrons. The predicted octanol–water partition coefficient (Wildman–Crippen LogP) is 1.94. The van der Waals surface area contributed by atoms with Gasteiger partial charge in [-0.3, -0.25) is 4.79 Å². The van der Waals surface area contributed by atoms with Crippen molar-refractivity contribution in [1.29, 1.82) is 0 Å². The topological polar surface area (TPSA) is 73.6 Å². The first-order valence-corrected chi connectivity index (χ1v) is 6.86. The van der Waals surface area contributed by atoms with E-state index in [9.17, 15) is 9.18 Å². The van der Waals surface area contributed by atoms with Gasteiger partial charge in [-0.15, -0.1) is 12.4 Å². The highest BCUT2D eigenvalue weighted by Gasteiger charge is 2.35. The Hall–Kier alpha value is -1.37. The van der Waals surface area contributed by atoms with Crippen LogP contribution in [0.5, 0.6) is 5.75 Å². The number of nitrogens with two attached hydrogens (primary N) is 1. The fourth-order valence-corrected chi connectivity index (χ4v) is 2.49. The first-order chi connectivity index (χ1) is 9.82. The van der Waals surface area contributed by atoms with Gasteiger partial charge in [-0.25, -0.2) is 4.39 Å². The highest BCUT2D eigenvalue weighted by atomic mass is 35.5. The molecule has 124 valence electrons. The van der Waals surface area contributed by atoms with Gasteiger partial charge in [-0.1, -0.05) is 6.07 Å². The molecule has 0 aromatic heterocycles. The van der Waals surface area contributed by atoms with Crippen molar-refractivity contribution in [3.05, 3.63) is 29.6 Å². The number of carbonyl (C=O) groups is 1. The molecule has 0 fully saturated rings. The van der Waals surface area contributed by atoms with Crippen LogP contribution in [0, 0.1) is 5.82 Å². The summed E-state index contributed by atoms with van der Waals surface area (Å²) in [6.07, 6.45) is 0.580. The second kappa shape index (κ2) is 7.26. The van der Waals surface area contributed by atoms with E-state index in [4.69, 9.17) is 15.2 Å². The van der Waals surface area contributed by atoms with Gasteiger partial charge in [0.1, 0.15) is 23.2 Å². The molecule has 2 rings (SSSR count). The molecule has 3 N–H and O–H groups in total.